The molecule has 1 aliphatic rings. The lowest BCUT2D eigenvalue weighted by Gasteiger charge is -2.18. The molecule has 0 spiro atoms. The topological polar surface area (TPSA) is 76.4 Å². The first-order valence-corrected chi connectivity index (χ1v) is 6.27. The molecule has 1 fully saturated rings. The van der Waals surface area contributed by atoms with Crippen molar-refractivity contribution in [1.82, 2.24) is 19.9 Å². The number of nitrogens with zero attached hydrogens (tertiary/aromatic N) is 3. The predicted octanol–water partition coefficient (Wildman–Crippen LogP) is 1.01. The summed E-state index contributed by atoms with van der Waals surface area (Å²) in [6.07, 6.45) is 4.29. The fourth-order valence-electron chi connectivity index (χ4n) is 2.02. The Morgan fingerprint density at radius 3 is 3.06 bits per heavy atom. The second-order valence-electron chi connectivity index (χ2n) is 4.15. The third-order valence-corrected chi connectivity index (χ3v) is 3.31. The second-order valence-corrected chi connectivity index (χ2v) is 5.06. The monoisotopic (exact) mass is 308 g/mol. The molecule has 1 aliphatic heterocycles. The van der Waals surface area contributed by atoms with Gasteiger partial charge in [0, 0.05) is 24.9 Å². The minimum atomic E-state index is -0.372. The molecule has 0 saturated carbocycles. The molecule has 2 aromatic rings. The molecule has 7 heteroatoms. The molecule has 92 valence electrons. The van der Waals surface area contributed by atoms with E-state index in [4.69, 9.17) is 0 Å². The molecular weight excluding hydrogens is 300 g/mol. The highest BCUT2D eigenvalue weighted by Crippen LogP contribution is 2.24. The van der Waals surface area contributed by atoms with Crippen molar-refractivity contribution < 1.29 is 9.59 Å². The molecule has 6 nitrogen and oxygen atoms in total. The van der Waals surface area contributed by atoms with Crippen LogP contribution in [-0.2, 0) is 9.59 Å². The van der Waals surface area contributed by atoms with Gasteiger partial charge in [-0.3, -0.25) is 14.9 Å². The number of amides is 2. The number of fused-ring (bicyclic) bond motifs is 1. The van der Waals surface area contributed by atoms with E-state index in [-0.39, 0.29) is 17.7 Å². The fourth-order valence-corrected chi connectivity index (χ4v) is 2.31. The van der Waals surface area contributed by atoms with Crippen LogP contribution >= 0.6 is 15.9 Å². The van der Waals surface area contributed by atoms with Crippen molar-refractivity contribution in [3.05, 3.63) is 28.6 Å². The number of piperidine rings is 1. The van der Waals surface area contributed by atoms with E-state index >= 15 is 0 Å². The Kier molecular flexibility index (Phi) is 2.62. The van der Waals surface area contributed by atoms with E-state index in [1.807, 2.05) is 0 Å². The number of hydrogen-bond donors (Lipinski definition) is 1. The maximum absolute atomic E-state index is 11.7. The molecule has 1 N–H and O–H groups in total. The fraction of sp³-hybridized carbons (Fsp3) is 0.273. The van der Waals surface area contributed by atoms with E-state index in [1.54, 1.807) is 23.0 Å². The van der Waals surface area contributed by atoms with Crippen LogP contribution in [0.25, 0.3) is 5.65 Å². The van der Waals surface area contributed by atoms with Gasteiger partial charge in [-0.25, -0.2) is 9.50 Å². The molecule has 1 unspecified atom stereocenters. The maximum Gasteiger partial charge on any atom is 0.235 e. The SMILES string of the molecule is O=C1CCC(c2cc3ncc(Br)cn3n2)C(=O)N1. The van der Waals surface area contributed by atoms with Crippen LogP contribution in [0.4, 0.5) is 0 Å². The van der Waals surface area contributed by atoms with Gasteiger partial charge in [0.15, 0.2) is 5.65 Å². The van der Waals surface area contributed by atoms with Crippen LogP contribution in [0.5, 0.6) is 0 Å². The van der Waals surface area contributed by atoms with Gasteiger partial charge in [-0.1, -0.05) is 0 Å². The van der Waals surface area contributed by atoms with Gasteiger partial charge in [0.05, 0.1) is 16.1 Å². The zero-order valence-electron chi connectivity index (χ0n) is 9.26. The summed E-state index contributed by atoms with van der Waals surface area (Å²) in [6.45, 7) is 0. The molecule has 0 bridgehead atoms. The van der Waals surface area contributed by atoms with E-state index in [0.29, 0.717) is 24.2 Å². The highest BCUT2D eigenvalue weighted by molar-refractivity contribution is 9.10. The standard InChI is InChI=1S/C11H9BrN4O2/c12-6-4-13-9-3-8(15-16(9)5-6)7-1-2-10(17)14-11(7)18/h3-5,7H,1-2H2,(H,14,17,18). The number of halogens is 1. The molecule has 3 heterocycles. The Morgan fingerprint density at radius 2 is 2.28 bits per heavy atom. The van der Waals surface area contributed by atoms with Gasteiger partial charge in [0.25, 0.3) is 0 Å². The minimum Gasteiger partial charge on any atom is -0.296 e. The minimum absolute atomic E-state index is 0.221. The predicted molar refractivity (Wildman–Crippen MR) is 65.8 cm³/mol. The lowest BCUT2D eigenvalue weighted by molar-refractivity contribution is -0.134. The van der Waals surface area contributed by atoms with Crippen molar-refractivity contribution in [2.45, 2.75) is 18.8 Å². The molecule has 3 rings (SSSR count). The highest BCUT2D eigenvalue weighted by atomic mass is 79.9. The van der Waals surface area contributed by atoms with Crippen LogP contribution in [0.2, 0.25) is 0 Å². The van der Waals surface area contributed by atoms with Gasteiger partial charge in [-0.15, -0.1) is 0 Å². The molecular formula is C11H9BrN4O2. The van der Waals surface area contributed by atoms with Gasteiger partial charge in [-0.2, -0.15) is 5.10 Å². The summed E-state index contributed by atoms with van der Waals surface area (Å²) in [4.78, 5) is 27.0. The normalized spacial score (nSPS) is 20.2. The van der Waals surface area contributed by atoms with Crippen molar-refractivity contribution >= 4 is 33.4 Å². The number of aromatic nitrogens is 3. The highest BCUT2D eigenvalue weighted by Gasteiger charge is 2.30. The van der Waals surface area contributed by atoms with Gasteiger partial charge >= 0.3 is 0 Å². The van der Waals surface area contributed by atoms with Crippen molar-refractivity contribution in [3.8, 4) is 0 Å². The summed E-state index contributed by atoms with van der Waals surface area (Å²) in [5.41, 5.74) is 1.32. The van der Waals surface area contributed by atoms with E-state index in [0.717, 1.165) is 4.47 Å². The van der Waals surface area contributed by atoms with Crippen molar-refractivity contribution in [1.29, 1.82) is 0 Å². The number of hydrogen-bond acceptors (Lipinski definition) is 4. The lowest BCUT2D eigenvalue weighted by atomic mass is 9.95. The van der Waals surface area contributed by atoms with E-state index < -0.39 is 0 Å². The van der Waals surface area contributed by atoms with Crippen LogP contribution in [0.15, 0.2) is 22.9 Å². The molecule has 18 heavy (non-hydrogen) atoms. The Morgan fingerprint density at radius 1 is 1.44 bits per heavy atom. The number of imide groups is 1. The number of rotatable bonds is 1. The Hall–Kier alpha value is -1.76. The third-order valence-electron chi connectivity index (χ3n) is 2.90. The summed E-state index contributed by atoms with van der Waals surface area (Å²) < 4.78 is 2.43. The number of nitrogens with one attached hydrogen (secondary N) is 1. The number of carbonyl (C=O) groups excluding carboxylic acids is 2. The van der Waals surface area contributed by atoms with Crippen LogP contribution in [-0.4, -0.2) is 26.4 Å². The van der Waals surface area contributed by atoms with Gasteiger partial charge in [0.2, 0.25) is 11.8 Å². The molecule has 0 aliphatic carbocycles. The Balaban J connectivity index is 1.99. The second kappa shape index (κ2) is 4.16. The molecule has 0 aromatic carbocycles. The summed E-state index contributed by atoms with van der Waals surface area (Å²) in [7, 11) is 0. The first-order chi connectivity index (χ1) is 8.63. The third kappa shape index (κ3) is 1.90. The van der Waals surface area contributed by atoms with Crippen LogP contribution < -0.4 is 5.32 Å². The summed E-state index contributed by atoms with van der Waals surface area (Å²) >= 11 is 3.31. The van der Waals surface area contributed by atoms with Crippen molar-refractivity contribution in [2.24, 2.45) is 0 Å². The Bertz CT molecular complexity index is 652. The van der Waals surface area contributed by atoms with Gasteiger partial charge in [-0.05, 0) is 22.4 Å². The zero-order valence-corrected chi connectivity index (χ0v) is 10.8. The largest absolute Gasteiger partial charge is 0.296 e. The van der Waals surface area contributed by atoms with Crippen molar-refractivity contribution in [3.63, 3.8) is 0 Å². The summed E-state index contributed by atoms with van der Waals surface area (Å²) in [5.74, 6) is -0.877. The van der Waals surface area contributed by atoms with Gasteiger partial charge in [0.1, 0.15) is 0 Å². The van der Waals surface area contributed by atoms with Crippen LogP contribution in [0.1, 0.15) is 24.5 Å². The average Bonchev–Trinajstić information content (AvgIpc) is 2.71. The Labute approximate surface area is 111 Å². The summed E-state index contributed by atoms with van der Waals surface area (Å²) in [6, 6.07) is 1.77. The average molecular weight is 309 g/mol. The molecule has 2 aromatic heterocycles. The number of carbonyl (C=O) groups is 2. The van der Waals surface area contributed by atoms with E-state index in [9.17, 15) is 9.59 Å². The quantitative estimate of drug-likeness (QED) is 0.798. The smallest absolute Gasteiger partial charge is 0.235 e. The van der Waals surface area contributed by atoms with E-state index in [2.05, 4.69) is 31.3 Å². The molecule has 2 amide bonds. The molecule has 1 saturated heterocycles. The maximum atomic E-state index is 11.7. The first kappa shape index (κ1) is 11.3. The van der Waals surface area contributed by atoms with E-state index in [1.165, 1.54) is 0 Å². The van der Waals surface area contributed by atoms with Crippen LogP contribution in [0, 0.1) is 0 Å². The van der Waals surface area contributed by atoms with Crippen LogP contribution in [0.3, 0.4) is 0 Å². The zero-order chi connectivity index (χ0) is 12.7. The van der Waals surface area contributed by atoms with Crippen molar-refractivity contribution in [2.75, 3.05) is 0 Å². The molecule has 0 radical (unpaired) electrons. The van der Waals surface area contributed by atoms with Gasteiger partial charge < -0.3 is 0 Å². The first-order valence-electron chi connectivity index (χ1n) is 5.48. The lowest BCUT2D eigenvalue weighted by Crippen LogP contribution is -2.39. The summed E-state index contributed by atoms with van der Waals surface area (Å²) in [5, 5.41) is 6.65. The molecule has 1 atom stereocenters.